The van der Waals surface area contributed by atoms with Gasteiger partial charge in [-0.05, 0) is 43.3 Å². The van der Waals surface area contributed by atoms with Crippen molar-refractivity contribution in [2.24, 2.45) is 10.2 Å². The zero-order valence-corrected chi connectivity index (χ0v) is 13.8. The summed E-state index contributed by atoms with van der Waals surface area (Å²) in [6.07, 6.45) is 0. The molecule has 0 aliphatic carbocycles. The first-order valence-corrected chi connectivity index (χ1v) is 7.79. The number of non-ortho nitro benzene ring substituents is 1. The van der Waals surface area contributed by atoms with Crippen LogP contribution in [0.3, 0.4) is 0 Å². The van der Waals surface area contributed by atoms with Gasteiger partial charge in [-0.2, -0.15) is 10.2 Å². The molecule has 0 aliphatic heterocycles. The molecule has 0 radical (unpaired) electrons. The first kappa shape index (κ1) is 18.5. The Bertz CT molecular complexity index is 716. The molecule has 8 nitrogen and oxygen atoms in total. The van der Waals surface area contributed by atoms with Gasteiger partial charge in [-0.3, -0.25) is 10.1 Å². The SMILES string of the molecule is CC(CO)N(CCO)c1ccc(N=Nc2ccc([N+](=O)[O-])cc2)cc1. The van der Waals surface area contributed by atoms with Crippen LogP contribution in [0.2, 0.25) is 0 Å². The summed E-state index contributed by atoms with van der Waals surface area (Å²) in [7, 11) is 0. The lowest BCUT2D eigenvalue weighted by Gasteiger charge is -2.29. The fraction of sp³-hybridized carbons (Fsp3) is 0.294. The second kappa shape index (κ2) is 8.86. The van der Waals surface area contributed by atoms with Gasteiger partial charge in [0.05, 0.1) is 29.5 Å². The van der Waals surface area contributed by atoms with Crippen LogP contribution in [0.1, 0.15) is 6.92 Å². The van der Waals surface area contributed by atoms with Crippen molar-refractivity contribution in [1.82, 2.24) is 0 Å². The quantitative estimate of drug-likeness (QED) is 0.434. The number of rotatable bonds is 8. The third-order valence-corrected chi connectivity index (χ3v) is 3.66. The molecule has 0 aliphatic rings. The molecule has 2 aromatic rings. The molecule has 132 valence electrons. The maximum atomic E-state index is 10.6. The van der Waals surface area contributed by atoms with Crippen LogP contribution in [-0.4, -0.2) is 40.9 Å². The van der Waals surface area contributed by atoms with Crippen LogP contribution in [0.5, 0.6) is 0 Å². The normalized spacial score (nSPS) is 12.3. The number of anilines is 1. The molecule has 0 heterocycles. The molecule has 1 unspecified atom stereocenters. The van der Waals surface area contributed by atoms with Crippen molar-refractivity contribution in [3.05, 3.63) is 58.6 Å². The van der Waals surface area contributed by atoms with Crippen molar-refractivity contribution in [3.63, 3.8) is 0 Å². The lowest BCUT2D eigenvalue weighted by molar-refractivity contribution is -0.384. The molecule has 1 atom stereocenters. The number of benzene rings is 2. The van der Waals surface area contributed by atoms with Crippen LogP contribution < -0.4 is 4.90 Å². The fourth-order valence-corrected chi connectivity index (χ4v) is 2.28. The molecule has 0 fully saturated rings. The van der Waals surface area contributed by atoms with Gasteiger partial charge in [-0.15, -0.1) is 0 Å². The van der Waals surface area contributed by atoms with Crippen molar-refractivity contribution in [2.75, 3.05) is 24.7 Å². The van der Waals surface area contributed by atoms with E-state index in [0.717, 1.165) is 5.69 Å². The molecule has 8 heteroatoms. The Labute approximate surface area is 145 Å². The van der Waals surface area contributed by atoms with Crippen LogP contribution in [0.15, 0.2) is 58.8 Å². The highest BCUT2D eigenvalue weighted by Crippen LogP contribution is 2.24. The highest BCUT2D eigenvalue weighted by atomic mass is 16.6. The predicted molar refractivity (Wildman–Crippen MR) is 94.7 cm³/mol. The minimum absolute atomic E-state index is 0.00489. The molecule has 0 saturated carbocycles. The first-order valence-electron chi connectivity index (χ1n) is 7.79. The van der Waals surface area contributed by atoms with Crippen molar-refractivity contribution < 1.29 is 15.1 Å². The Hall–Kier alpha value is -2.84. The standard InChI is InChI=1S/C17H20N4O4/c1-13(12-23)20(10-11-22)16-6-2-14(3-7-16)18-19-15-4-8-17(9-5-15)21(24)25/h2-9,13,22-23H,10-12H2,1H3. The van der Waals surface area contributed by atoms with Gasteiger partial charge in [0, 0.05) is 30.4 Å². The molecular formula is C17H20N4O4. The van der Waals surface area contributed by atoms with Crippen LogP contribution in [0.25, 0.3) is 0 Å². The number of azo groups is 1. The van der Waals surface area contributed by atoms with E-state index in [1.165, 1.54) is 24.3 Å². The summed E-state index contributed by atoms with van der Waals surface area (Å²) in [4.78, 5) is 12.0. The number of hydrogen-bond donors (Lipinski definition) is 2. The summed E-state index contributed by atoms with van der Waals surface area (Å²) < 4.78 is 0. The van der Waals surface area contributed by atoms with E-state index in [1.54, 1.807) is 12.1 Å². The molecular weight excluding hydrogens is 324 g/mol. The fourth-order valence-electron chi connectivity index (χ4n) is 2.28. The van der Waals surface area contributed by atoms with Crippen LogP contribution in [0.4, 0.5) is 22.7 Å². The number of nitro benzene ring substituents is 1. The van der Waals surface area contributed by atoms with E-state index in [0.29, 0.717) is 17.9 Å². The average molecular weight is 344 g/mol. The Balaban J connectivity index is 2.09. The summed E-state index contributed by atoms with van der Waals surface area (Å²) in [6.45, 7) is 2.27. The van der Waals surface area contributed by atoms with Gasteiger partial charge in [0.1, 0.15) is 0 Å². The predicted octanol–water partition coefficient (Wildman–Crippen LogP) is 3.19. The van der Waals surface area contributed by atoms with Gasteiger partial charge >= 0.3 is 0 Å². The molecule has 0 bridgehead atoms. The van der Waals surface area contributed by atoms with E-state index in [9.17, 15) is 15.2 Å². The minimum atomic E-state index is -0.467. The maximum Gasteiger partial charge on any atom is 0.269 e. The summed E-state index contributed by atoms with van der Waals surface area (Å²) in [5.74, 6) is 0. The van der Waals surface area contributed by atoms with Crippen molar-refractivity contribution in [2.45, 2.75) is 13.0 Å². The Morgan fingerprint density at radius 3 is 2.00 bits per heavy atom. The van der Waals surface area contributed by atoms with E-state index >= 15 is 0 Å². The zero-order chi connectivity index (χ0) is 18.2. The number of aliphatic hydroxyl groups excluding tert-OH is 2. The molecule has 0 saturated heterocycles. The van der Waals surface area contributed by atoms with E-state index < -0.39 is 4.92 Å². The maximum absolute atomic E-state index is 10.6. The first-order chi connectivity index (χ1) is 12.0. The second-order valence-corrected chi connectivity index (χ2v) is 5.44. The van der Waals surface area contributed by atoms with E-state index in [4.69, 9.17) is 5.11 Å². The Morgan fingerprint density at radius 1 is 1.04 bits per heavy atom. The van der Waals surface area contributed by atoms with Gasteiger partial charge in [-0.25, -0.2) is 0 Å². The van der Waals surface area contributed by atoms with Gasteiger partial charge in [0.25, 0.3) is 5.69 Å². The van der Waals surface area contributed by atoms with Gasteiger partial charge in [-0.1, -0.05) is 0 Å². The van der Waals surface area contributed by atoms with Crippen LogP contribution >= 0.6 is 0 Å². The van der Waals surface area contributed by atoms with Gasteiger partial charge < -0.3 is 15.1 Å². The zero-order valence-electron chi connectivity index (χ0n) is 13.8. The topological polar surface area (TPSA) is 112 Å². The van der Waals surface area contributed by atoms with E-state index in [2.05, 4.69) is 10.2 Å². The summed E-state index contributed by atoms with van der Waals surface area (Å²) in [5.41, 5.74) is 2.02. The third-order valence-electron chi connectivity index (χ3n) is 3.66. The lowest BCUT2D eigenvalue weighted by Crippen LogP contribution is -2.37. The van der Waals surface area contributed by atoms with Crippen LogP contribution in [-0.2, 0) is 0 Å². The van der Waals surface area contributed by atoms with Crippen LogP contribution in [0, 0.1) is 10.1 Å². The third kappa shape index (κ3) is 5.07. The molecule has 0 spiro atoms. The number of nitro groups is 1. The monoisotopic (exact) mass is 344 g/mol. The average Bonchev–Trinajstić information content (AvgIpc) is 2.64. The number of hydrogen-bond acceptors (Lipinski definition) is 7. The van der Waals surface area contributed by atoms with Crippen molar-refractivity contribution >= 4 is 22.7 Å². The molecule has 2 rings (SSSR count). The molecule has 25 heavy (non-hydrogen) atoms. The van der Waals surface area contributed by atoms with Crippen molar-refractivity contribution in [3.8, 4) is 0 Å². The van der Waals surface area contributed by atoms with Gasteiger partial charge in [0.15, 0.2) is 0 Å². The lowest BCUT2D eigenvalue weighted by atomic mass is 10.2. The highest BCUT2D eigenvalue weighted by molar-refractivity contribution is 5.53. The Kier molecular flexibility index (Phi) is 6.55. The smallest absolute Gasteiger partial charge is 0.269 e. The summed E-state index contributed by atoms with van der Waals surface area (Å²) in [5, 5.41) is 37.2. The second-order valence-electron chi connectivity index (χ2n) is 5.44. The highest BCUT2D eigenvalue weighted by Gasteiger charge is 2.13. The number of nitrogens with zero attached hydrogens (tertiary/aromatic N) is 4. The number of aliphatic hydroxyl groups is 2. The molecule has 0 amide bonds. The van der Waals surface area contributed by atoms with Crippen molar-refractivity contribution in [1.29, 1.82) is 0 Å². The molecule has 2 aromatic carbocycles. The van der Waals surface area contributed by atoms with E-state index in [1.807, 2.05) is 24.0 Å². The largest absolute Gasteiger partial charge is 0.395 e. The van der Waals surface area contributed by atoms with Gasteiger partial charge in [0.2, 0.25) is 0 Å². The Morgan fingerprint density at radius 2 is 1.56 bits per heavy atom. The summed E-state index contributed by atoms with van der Waals surface area (Å²) >= 11 is 0. The minimum Gasteiger partial charge on any atom is -0.395 e. The van der Waals surface area contributed by atoms with E-state index in [-0.39, 0.29) is 24.9 Å². The molecule has 2 N–H and O–H groups in total. The summed E-state index contributed by atoms with van der Waals surface area (Å²) in [6, 6.07) is 12.9. The molecule has 0 aromatic heterocycles.